The molecule has 0 atom stereocenters. The minimum Gasteiger partial charge on any atom is -0.336 e. The van der Waals surface area contributed by atoms with Gasteiger partial charge in [-0.25, -0.2) is 9.78 Å². The molecule has 1 saturated heterocycles. The van der Waals surface area contributed by atoms with Crippen molar-refractivity contribution in [3.8, 4) is 0 Å². The molecule has 2 heterocycles. The van der Waals surface area contributed by atoms with Gasteiger partial charge in [0.05, 0.1) is 0 Å². The van der Waals surface area contributed by atoms with Gasteiger partial charge in [0.2, 0.25) is 0 Å². The van der Waals surface area contributed by atoms with E-state index >= 15 is 0 Å². The molecule has 1 fully saturated rings. The molecular weight excluding hydrogens is 292 g/mol. The fourth-order valence-corrected chi connectivity index (χ4v) is 2.69. The highest BCUT2D eigenvalue weighted by molar-refractivity contribution is 6.08. The molecule has 0 unspecified atom stereocenters. The molecule has 0 bridgehead atoms. The highest BCUT2D eigenvalue weighted by Crippen LogP contribution is 2.26. The van der Waals surface area contributed by atoms with E-state index in [0.29, 0.717) is 24.5 Å². The Kier molecular flexibility index (Phi) is 3.97. The summed E-state index contributed by atoms with van der Waals surface area (Å²) < 4.78 is 0. The summed E-state index contributed by atoms with van der Waals surface area (Å²) >= 11 is 0. The first-order chi connectivity index (χ1) is 11.1. The number of carbonyl (C=O) groups is 2. The second-order valence-electron chi connectivity index (χ2n) is 5.39. The third-order valence-corrected chi connectivity index (χ3v) is 3.98. The molecule has 0 aliphatic carbocycles. The fourth-order valence-electron chi connectivity index (χ4n) is 2.69. The first-order valence-electron chi connectivity index (χ1n) is 7.43. The Hall–Kier alpha value is -2.89. The lowest BCUT2D eigenvalue weighted by atomic mass is 10.0. The summed E-state index contributed by atoms with van der Waals surface area (Å²) in [5.41, 5.74) is 2.12. The molecule has 3 amide bonds. The lowest BCUT2D eigenvalue weighted by Gasteiger charge is -2.21. The van der Waals surface area contributed by atoms with Gasteiger partial charge in [-0.2, -0.15) is 0 Å². The number of anilines is 2. The van der Waals surface area contributed by atoms with E-state index in [4.69, 9.17) is 0 Å². The third-order valence-electron chi connectivity index (χ3n) is 3.98. The molecule has 0 radical (unpaired) electrons. The smallest absolute Gasteiger partial charge is 0.322 e. The predicted molar refractivity (Wildman–Crippen MR) is 88.9 cm³/mol. The standard InChI is InChI=1S/C17H18N4O2/c1-12-13(16(22)20(2)15-8-3-4-9-18-15)6-5-7-14(12)21-11-10-19-17(21)23/h3-9H,10-11H2,1-2H3,(H,19,23). The number of nitrogens with zero attached hydrogens (tertiary/aromatic N) is 3. The van der Waals surface area contributed by atoms with Crippen molar-refractivity contribution in [2.75, 3.05) is 29.9 Å². The first kappa shape index (κ1) is 15.0. The molecule has 6 nitrogen and oxygen atoms in total. The van der Waals surface area contributed by atoms with Crippen LogP contribution in [-0.4, -0.2) is 37.1 Å². The lowest BCUT2D eigenvalue weighted by molar-refractivity contribution is 0.0991. The Bertz CT molecular complexity index is 746. The van der Waals surface area contributed by atoms with Gasteiger partial charge in [-0.3, -0.25) is 14.6 Å². The molecule has 0 spiro atoms. The van der Waals surface area contributed by atoms with E-state index in [9.17, 15) is 9.59 Å². The van der Waals surface area contributed by atoms with Crippen LogP contribution in [0.2, 0.25) is 0 Å². The van der Waals surface area contributed by atoms with E-state index < -0.39 is 0 Å². The second kappa shape index (κ2) is 6.08. The molecule has 3 rings (SSSR count). The van der Waals surface area contributed by atoms with Gasteiger partial charge in [-0.15, -0.1) is 0 Å². The number of rotatable bonds is 3. The van der Waals surface area contributed by atoms with Gasteiger partial charge < -0.3 is 5.32 Å². The highest BCUT2D eigenvalue weighted by atomic mass is 16.2. The molecule has 6 heteroatoms. The van der Waals surface area contributed by atoms with Crippen LogP contribution in [0.4, 0.5) is 16.3 Å². The van der Waals surface area contributed by atoms with E-state index in [1.807, 2.05) is 19.1 Å². The molecule has 23 heavy (non-hydrogen) atoms. The lowest BCUT2D eigenvalue weighted by Crippen LogP contribution is -2.30. The van der Waals surface area contributed by atoms with E-state index in [1.165, 1.54) is 4.90 Å². The van der Waals surface area contributed by atoms with Gasteiger partial charge in [-0.05, 0) is 36.8 Å². The van der Waals surface area contributed by atoms with E-state index in [2.05, 4.69) is 10.3 Å². The zero-order valence-electron chi connectivity index (χ0n) is 13.1. The van der Waals surface area contributed by atoms with Crippen LogP contribution in [-0.2, 0) is 0 Å². The Morgan fingerprint density at radius 3 is 2.74 bits per heavy atom. The minimum absolute atomic E-state index is 0.129. The van der Waals surface area contributed by atoms with Crippen molar-refractivity contribution in [2.45, 2.75) is 6.92 Å². The molecule has 2 aromatic rings. The number of hydrogen-bond donors (Lipinski definition) is 1. The Morgan fingerprint density at radius 2 is 2.09 bits per heavy atom. The summed E-state index contributed by atoms with van der Waals surface area (Å²) in [6, 6.07) is 10.7. The van der Waals surface area contributed by atoms with E-state index in [0.717, 1.165) is 11.3 Å². The summed E-state index contributed by atoms with van der Waals surface area (Å²) in [4.78, 5) is 32.0. The van der Waals surface area contributed by atoms with Gasteiger partial charge in [0.25, 0.3) is 5.91 Å². The third kappa shape index (κ3) is 2.75. The maximum absolute atomic E-state index is 12.8. The van der Waals surface area contributed by atoms with Crippen molar-refractivity contribution in [1.29, 1.82) is 0 Å². The average Bonchev–Trinajstić information content (AvgIpc) is 3.00. The number of aromatic nitrogens is 1. The quantitative estimate of drug-likeness (QED) is 0.945. The number of amides is 3. The number of carbonyl (C=O) groups excluding carboxylic acids is 2. The zero-order chi connectivity index (χ0) is 16.4. The number of nitrogens with one attached hydrogen (secondary N) is 1. The maximum atomic E-state index is 12.8. The van der Waals surface area contributed by atoms with Gasteiger partial charge in [0.1, 0.15) is 5.82 Å². The van der Waals surface area contributed by atoms with Crippen molar-refractivity contribution < 1.29 is 9.59 Å². The van der Waals surface area contributed by atoms with E-state index in [-0.39, 0.29) is 11.9 Å². The SMILES string of the molecule is Cc1c(C(=O)N(C)c2ccccn2)cccc1N1CCNC1=O. The van der Waals surface area contributed by atoms with Crippen molar-refractivity contribution >= 4 is 23.4 Å². The van der Waals surface area contributed by atoms with Crippen LogP contribution in [0.1, 0.15) is 15.9 Å². The van der Waals surface area contributed by atoms with E-state index in [1.54, 1.807) is 42.4 Å². The van der Waals surface area contributed by atoms with Crippen LogP contribution < -0.4 is 15.1 Å². The number of benzene rings is 1. The number of urea groups is 1. The van der Waals surface area contributed by atoms with Crippen molar-refractivity contribution in [3.63, 3.8) is 0 Å². The Labute approximate surface area is 134 Å². The normalized spacial score (nSPS) is 13.8. The number of hydrogen-bond acceptors (Lipinski definition) is 3. The van der Waals surface area contributed by atoms with Crippen LogP contribution in [0.5, 0.6) is 0 Å². The minimum atomic E-state index is -0.150. The summed E-state index contributed by atoms with van der Waals surface area (Å²) in [7, 11) is 1.69. The van der Waals surface area contributed by atoms with Crippen molar-refractivity contribution in [3.05, 3.63) is 53.7 Å². The molecule has 118 valence electrons. The predicted octanol–water partition coefficient (Wildman–Crippen LogP) is 2.20. The summed E-state index contributed by atoms with van der Waals surface area (Å²) in [5, 5.41) is 2.77. The topological polar surface area (TPSA) is 65.5 Å². The van der Waals surface area contributed by atoms with Crippen LogP contribution in [0.3, 0.4) is 0 Å². The van der Waals surface area contributed by atoms with Gasteiger partial charge in [-0.1, -0.05) is 12.1 Å². The van der Waals surface area contributed by atoms with Gasteiger partial charge in [0.15, 0.2) is 0 Å². The van der Waals surface area contributed by atoms with Crippen molar-refractivity contribution in [2.24, 2.45) is 0 Å². The van der Waals surface area contributed by atoms with Crippen molar-refractivity contribution in [1.82, 2.24) is 10.3 Å². The summed E-state index contributed by atoms with van der Waals surface area (Å²) in [5.74, 6) is 0.434. The zero-order valence-corrected chi connectivity index (χ0v) is 13.1. The summed E-state index contributed by atoms with van der Waals surface area (Å²) in [6.45, 7) is 3.08. The molecule has 1 aliphatic rings. The Morgan fingerprint density at radius 1 is 1.26 bits per heavy atom. The monoisotopic (exact) mass is 310 g/mol. The van der Waals surface area contributed by atoms with Crippen LogP contribution >= 0.6 is 0 Å². The van der Waals surface area contributed by atoms with Crippen LogP contribution in [0.25, 0.3) is 0 Å². The fraction of sp³-hybridized carbons (Fsp3) is 0.235. The molecule has 1 aromatic heterocycles. The highest BCUT2D eigenvalue weighted by Gasteiger charge is 2.25. The van der Waals surface area contributed by atoms with Gasteiger partial charge >= 0.3 is 6.03 Å². The molecule has 0 saturated carbocycles. The second-order valence-corrected chi connectivity index (χ2v) is 5.39. The van der Waals surface area contributed by atoms with Gasteiger partial charge in [0, 0.05) is 37.6 Å². The average molecular weight is 310 g/mol. The first-order valence-corrected chi connectivity index (χ1v) is 7.43. The molecule has 1 aliphatic heterocycles. The Balaban J connectivity index is 1.94. The molecule has 1 aromatic carbocycles. The number of pyridine rings is 1. The van der Waals surface area contributed by atoms with Crippen LogP contribution in [0, 0.1) is 6.92 Å². The molecule has 1 N–H and O–H groups in total. The largest absolute Gasteiger partial charge is 0.336 e. The summed E-state index contributed by atoms with van der Waals surface area (Å²) in [6.07, 6.45) is 1.65. The maximum Gasteiger partial charge on any atom is 0.322 e. The van der Waals surface area contributed by atoms with Crippen LogP contribution in [0.15, 0.2) is 42.6 Å². The molecular formula is C17H18N4O2.